The summed E-state index contributed by atoms with van der Waals surface area (Å²) >= 11 is 0. The number of aryl methyl sites for hydroxylation is 1. The molecule has 1 aromatic rings. The minimum atomic E-state index is 0.630. The van der Waals surface area contributed by atoms with Crippen molar-refractivity contribution in [2.75, 3.05) is 27.2 Å². The van der Waals surface area contributed by atoms with E-state index in [-0.39, 0.29) is 0 Å². The summed E-state index contributed by atoms with van der Waals surface area (Å²) < 4.78 is 0. The van der Waals surface area contributed by atoms with Crippen LogP contribution in [0, 0.1) is 5.92 Å². The molecule has 0 radical (unpaired) electrons. The van der Waals surface area contributed by atoms with Crippen LogP contribution < -0.4 is 11.1 Å². The van der Waals surface area contributed by atoms with Gasteiger partial charge in [0, 0.05) is 19.8 Å². The molecule has 3 N–H and O–H groups in total. The van der Waals surface area contributed by atoms with Crippen molar-refractivity contribution in [3.05, 3.63) is 41.6 Å². The normalized spacial score (nSPS) is 10.4. The number of nitrogens with one attached hydrogen (secondary N) is 1. The van der Waals surface area contributed by atoms with Gasteiger partial charge in [-0.05, 0) is 37.1 Å². The molecule has 3 heteroatoms. The van der Waals surface area contributed by atoms with Crippen molar-refractivity contribution in [1.29, 1.82) is 0 Å². The molecule has 134 valence electrons. The Hall–Kier alpha value is -1.48. The minimum Gasteiger partial charge on any atom is -0.403 e. The number of hydrogen-bond donors (Lipinski definition) is 2. The van der Waals surface area contributed by atoms with Crippen LogP contribution in [0.5, 0.6) is 0 Å². The first-order chi connectivity index (χ1) is 11.0. The van der Waals surface area contributed by atoms with Crippen LogP contribution in [-0.2, 0) is 6.42 Å². The van der Waals surface area contributed by atoms with Crippen LogP contribution in [0.2, 0.25) is 0 Å². The summed E-state index contributed by atoms with van der Waals surface area (Å²) in [7, 11) is 4.02. The molecule has 1 aromatic carbocycles. The molecular weight excluding hydrogens is 282 g/mol. The standard InChI is InChI=1S/C15H24N2.C3H9N.C2H6/c1-5-13-6-8-14(9-7-13)15(10-16)17(4)11-12(2)3;1-3-4-2;1-2/h6-10,12H,5,11,16H2,1-4H3;4H,3H2,1-2H3;1-2H3/b15-10-;;. The third kappa shape index (κ3) is 10.8. The van der Waals surface area contributed by atoms with Gasteiger partial charge in [-0.3, -0.25) is 0 Å². The fourth-order valence-corrected chi connectivity index (χ4v) is 2.00. The highest BCUT2D eigenvalue weighted by Crippen LogP contribution is 2.18. The zero-order chi connectivity index (χ0) is 18.3. The number of rotatable bonds is 6. The first-order valence-electron chi connectivity index (χ1n) is 8.86. The quantitative estimate of drug-likeness (QED) is 0.818. The molecule has 1 rings (SSSR count). The van der Waals surface area contributed by atoms with Crippen LogP contribution in [0.1, 0.15) is 52.7 Å². The molecule has 0 fully saturated rings. The van der Waals surface area contributed by atoms with E-state index in [1.54, 1.807) is 6.20 Å². The molecule has 0 amide bonds. The molecule has 3 nitrogen and oxygen atoms in total. The van der Waals surface area contributed by atoms with E-state index < -0.39 is 0 Å². The molecule has 0 spiro atoms. The van der Waals surface area contributed by atoms with E-state index in [4.69, 9.17) is 5.73 Å². The highest BCUT2D eigenvalue weighted by atomic mass is 15.1. The second-order valence-corrected chi connectivity index (χ2v) is 5.58. The topological polar surface area (TPSA) is 41.3 Å². The molecule has 0 atom stereocenters. The zero-order valence-corrected chi connectivity index (χ0v) is 16.6. The zero-order valence-electron chi connectivity index (χ0n) is 16.6. The number of nitrogens with two attached hydrogens (primary N) is 1. The second kappa shape index (κ2) is 15.4. The van der Waals surface area contributed by atoms with Gasteiger partial charge in [-0.2, -0.15) is 0 Å². The highest BCUT2D eigenvalue weighted by Gasteiger charge is 2.08. The number of nitrogens with zero attached hydrogens (tertiary/aromatic N) is 1. The Morgan fingerprint density at radius 3 is 1.96 bits per heavy atom. The van der Waals surface area contributed by atoms with Crippen molar-refractivity contribution in [1.82, 2.24) is 10.2 Å². The van der Waals surface area contributed by atoms with Crippen molar-refractivity contribution in [3.63, 3.8) is 0 Å². The average Bonchev–Trinajstić information content (AvgIpc) is 2.57. The summed E-state index contributed by atoms with van der Waals surface area (Å²) in [6.45, 7) is 14.7. The minimum absolute atomic E-state index is 0.630. The molecule has 0 aliphatic rings. The van der Waals surface area contributed by atoms with Gasteiger partial charge in [-0.25, -0.2) is 0 Å². The molecule has 0 heterocycles. The number of hydrogen-bond acceptors (Lipinski definition) is 3. The molecule has 0 bridgehead atoms. The van der Waals surface area contributed by atoms with Crippen LogP contribution in [0.25, 0.3) is 5.70 Å². The molecule has 0 saturated carbocycles. The van der Waals surface area contributed by atoms with Crippen LogP contribution in [0.3, 0.4) is 0 Å². The summed E-state index contributed by atoms with van der Waals surface area (Å²) in [5, 5.41) is 2.93. The Bertz CT molecular complexity index is 392. The molecule has 23 heavy (non-hydrogen) atoms. The van der Waals surface area contributed by atoms with Crippen LogP contribution in [-0.4, -0.2) is 32.1 Å². The largest absolute Gasteiger partial charge is 0.403 e. The highest BCUT2D eigenvalue weighted by molar-refractivity contribution is 5.63. The van der Waals surface area contributed by atoms with E-state index in [9.17, 15) is 0 Å². The van der Waals surface area contributed by atoms with E-state index >= 15 is 0 Å². The van der Waals surface area contributed by atoms with E-state index in [2.05, 4.69) is 69.2 Å². The van der Waals surface area contributed by atoms with Gasteiger partial charge in [0.05, 0.1) is 5.70 Å². The third-order valence-electron chi connectivity index (χ3n) is 3.22. The SMILES string of the molecule is CC.CCNC.CCc1ccc(/C(=C/N)N(C)CC(C)C)cc1. The van der Waals surface area contributed by atoms with Gasteiger partial charge in [0.1, 0.15) is 0 Å². The van der Waals surface area contributed by atoms with Crippen LogP contribution >= 0.6 is 0 Å². The first-order valence-corrected chi connectivity index (χ1v) is 8.86. The molecule has 0 aliphatic carbocycles. The fourth-order valence-electron chi connectivity index (χ4n) is 2.00. The predicted molar refractivity (Wildman–Crippen MR) is 106 cm³/mol. The second-order valence-electron chi connectivity index (χ2n) is 5.58. The van der Waals surface area contributed by atoms with E-state index in [0.29, 0.717) is 5.92 Å². The number of benzene rings is 1. The van der Waals surface area contributed by atoms with Gasteiger partial charge in [-0.15, -0.1) is 0 Å². The van der Waals surface area contributed by atoms with Gasteiger partial charge in [0.2, 0.25) is 0 Å². The first kappa shape index (κ1) is 23.8. The summed E-state index contributed by atoms with van der Waals surface area (Å²) in [4.78, 5) is 2.21. The molecule has 0 unspecified atom stereocenters. The smallest absolute Gasteiger partial charge is 0.0594 e. The maximum atomic E-state index is 5.75. The predicted octanol–water partition coefficient (Wildman–Crippen LogP) is 4.35. The van der Waals surface area contributed by atoms with Crippen LogP contribution in [0.15, 0.2) is 30.5 Å². The fraction of sp³-hybridized carbons (Fsp3) is 0.600. The van der Waals surface area contributed by atoms with Gasteiger partial charge in [0.25, 0.3) is 0 Å². The Labute approximate surface area is 145 Å². The van der Waals surface area contributed by atoms with Crippen LogP contribution in [0.4, 0.5) is 0 Å². The molecule has 0 aromatic heterocycles. The summed E-state index contributed by atoms with van der Waals surface area (Å²) in [6.07, 6.45) is 2.77. The maximum Gasteiger partial charge on any atom is 0.0594 e. The van der Waals surface area contributed by atoms with E-state index in [0.717, 1.165) is 25.2 Å². The molecular formula is C20H39N3. The van der Waals surface area contributed by atoms with Crippen molar-refractivity contribution >= 4 is 5.70 Å². The monoisotopic (exact) mass is 321 g/mol. The van der Waals surface area contributed by atoms with Crippen molar-refractivity contribution in [2.45, 2.75) is 48.0 Å². The Morgan fingerprint density at radius 2 is 1.65 bits per heavy atom. The third-order valence-corrected chi connectivity index (χ3v) is 3.22. The lowest BCUT2D eigenvalue weighted by atomic mass is 10.1. The van der Waals surface area contributed by atoms with Crippen molar-refractivity contribution < 1.29 is 0 Å². The summed E-state index contributed by atoms with van der Waals surface area (Å²) in [6, 6.07) is 8.63. The lowest BCUT2D eigenvalue weighted by Crippen LogP contribution is -2.22. The average molecular weight is 322 g/mol. The van der Waals surface area contributed by atoms with E-state index in [1.807, 2.05) is 20.9 Å². The lowest BCUT2D eigenvalue weighted by Gasteiger charge is -2.24. The molecule has 0 saturated heterocycles. The molecule has 0 aliphatic heterocycles. The van der Waals surface area contributed by atoms with Gasteiger partial charge >= 0.3 is 0 Å². The lowest BCUT2D eigenvalue weighted by molar-refractivity contribution is 0.407. The summed E-state index contributed by atoms with van der Waals surface area (Å²) in [5.74, 6) is 0.630. The summed E-state index contributed by atoms with van der Waals surface area (Å²) in [5.41, 5.74) is 9.39. The van der Waals surface area contributed by atoms with Crippen molar-refractivity contribution in [3.8, 4) is 0 Å². The van der Waals surface area contributed by atoms with Crippen molar-refractivity contribution in [2.24, 2.45) is 11.7 Å². The van der Waals surface area contributed by atoms with Gasteiger partial charge < -0.3 is 16.0 Å². The van der Waals surface area contributed by atoms with Gasteiger partial charge in [0.15, 0.2) is 0 Å². The van der Waals surface area contributed by atoms with Gasteiger partial charge in [-0.1, -0.05) is 65.8 Å². The van der Waals surface area contributed by atoms with E-state index in [1.165, 1.54) is 11.1 Å². The Kier molecular flexibility index (Phi) is 15.9. The maximum absolute atomic E-state index is 5.75. The Balaban J connectivity index is 0. The Morgan fingerprint density at radius 1 is 1.17 bits per heavy atom.